The molecule has 0 aromatic heterocycles. The van der Waals surface area contributed by atoms with E-state index in [9.17, 15) is 14.9 Å². The van der Waals surface area contributed by atoms with Crippen LogP contribution in [0.3, 0.4) is 0 Å². The second kappa shape index (κ2) is 5.63. The number of nitrogens with one attached hydrogen (secondary N) is 1. The highest BCUT2D eigenvalue weighted by molar-refractivity contribution is 5.91. The van der Waals surface area contributed by atoms with Crippen molar-refractivity contribution in [3.05, 3.63) is 39.4 Å². The summed E-state index contributed by atoms with van der Waals surface area (Å²) in [6.07, 6.45) is 0. The summed E-state index contributed by atoms with van der Waals surface area (Å²) >= 11 is 0. The Morgan fingerprint density at radius 1 is 1.59 bits per heavy atom. The van der Waals surface area contributed by atoms with Crippen molar-refractivity contribution in [3.63, 3.8) is 0 Å². The highest BCUT2D eigenvalue weighted by Crippen LogP contribution is 2.17. The van der Waals surface area contributed by atoms with Crippen molar-refractivity contribution in [1.29, 1.82) is 0 Å². The molecule has 0 atom stereocenters. The van der Waals surface area contributed by atoms with Crippen LogP contribution in [-0.2, 0) is 0 Å². The Kier molecular flexibility index (Phi) is 4.20. The average molecular weight is 234 g/mol. The molecule has 0 radical (unpaired) electrons. The van der Waals surface area contributed by atoms with Gasteiger partial charge in [-0.3, -0.25) is 10.1 Å². The van der Waals surface area contributed by atoms with Crippen molar-refractivity contribution in [2.75, 3.05) is 13.6 Å². The molecule has 17 heavy (non-hydrogen) atoms. The molecule has 2 N–H and O–H groups in total. The Morgan fingerprint density at radius 2 is 2.29 bits per heavy atom. The van der Waals surface area contributed by atoms with Gasteiger partial charge in [0.1, 0.15) is 0 Å². The zero-order valence-electron chi connectivity index (χ0n) is 9.06. The normalized spacial score (nSPS) is 9.24. The molecule has 0 fully saturated rings. The van der Waals surface area contributed by atoms with Crippen LogP contribution in [0, 0.1) is 22.0 Å². The molecule has 6 heteroatoms. The Hall–Kier alpha value is -2.39. The number of nitrogens with zero attached hydrogens (tertiary/aromatic N) is 1. The minimum Gasteiger partial charge on any atom is -0.478 e. The first-order valence-electron chi connectivity index (χ1n) is 4.71. The molecule has 1 rings (SSSR count). The van der Waals surface area contributed by atoms with Crippen molar-refractivity contribution in [3.8, 4) is 11.8 Å². The third kappa shape index (κ3) is 3.29. The number of aromatic carboxylic acids is 1. The van der Waals surface area contributed by atoms with E-state index in [1.54, 1.807) is 7.05 Å². The summed E-state index contributed by atoms with van der Waals surface area (Å²) in [4.78, 5) is 20.9. The fourth-order valence-corrected chi connectivity index (χ4v) is 1.16. The molecule has 0 unspecified atom stereocenters. The molecule has 0 aliphatic carbocycles. The van der Waals surface area contributed by atoms with Gasteiger partial charge >= 0.3 is 5.97 Å². The predicted octanol–water partition coefficient (Wildman–Crippen LogP) is 0.864. The Balaban J connectivity index is 3.22. The number of carbonyl (C=O) groups is 1. The van der Waals surface area contributed by atoms with Crippen LogP contribution in [0.5, 0.6) is 0 Å². The standard InChI is InChI=1S/C11H10N2O4/c1-12-6-2-3-8-7-9(13(16)17)4-5-10(8)11(14)15/h4-5,7,12H,6H2,1H3,(H,14,15). The van der Waals surface area contributed by atoms with Crippen LogP contribution in [0.4, 0.5) is 5.69 Å². The molecule has 0 saturated heterocycles. The topological polar surface area (TPSA) is 92.5 Å². The van der Waals surface area contributed by atoms with Crippen LogP contribution in [0.25, 0.3) is 0 Å². The molecule has 0 saturated carbocycles. The number of carboxylic acids is 1. The van der Waals surface area contributed by atoms with Crippen LogP contribution in [-0.4, -0.2) is 29.6 Å². The molecule has 88 valence electrons. The van der Waals surface area contributed by atoms with Crippen molar-refractivity contribution in [2.45, 2.75) is 0 Å². The lowest BCUT2D eigenvalue weighted by atomic mass is 10.1. The van der Waals surface area contributed by atoms with Gasteiger partial charge in [-0.15, -0.1) is 0 Å². The molecule has 0 amide bonds. The van der Waals surface area contributed by atoms with Gasteiger partial charge in [-0.25, -0.2) is 4.79 Å². The van der Waals surface area contributed by atoms with Gasteiger partial charge in [0, 0.05) is 17.7 Å². The third-order valence-electron chi connectivity index (χ3n) is 1.93. The minimum atomic E-state index is -1.16. The second-order valence-electron chi connectivity index (χ2n) is 3.12. The molecule has 0 spiro atoms. The van der Waals surface area contributed by atoms with E-state index >= 15 is 0 Å². The van der Waals surface area contributed by atoms with E-state index in [0.29, 0.717) is 6.54 Å². The maximum absolute atomic E-state index is 10.9. The molecular formula is C11H10N2O4. The van der Waals surface area contributed by atoms with E-state index in [0.717, 1.165) is 12.1 Å². The first kappa shape index (κ1) is 12.7. The lowest BCUT2D eigenvalue weighted by Gasteiger charge is -1.98. The van der Waals surface area contributed by atoms with E-state index in [1.165, 1.54) is 6.07 Å². The van der Waals surface area contributed by atoms with E-state index in [-0.39, 0.29) is 16.8 Å². The monoisotopic (exact) mass is 234 g/mol. The van der Waals surface area contributed by atoms with Crippen LogP contribution in [0.1, 0.15) is 15.9 Å². The van der Waals surface area contributed by atoms with E-state index in [4.69, 9.17) is 5.11 Å². The Bertz CT molecular complexity index is 514. The van der Waals surface area contributed by atoms with Crippen LogP contribution in [0.2, 0.25) is 0 Å². The SMILES string of the molecule is CNCC#Cc1cc([N+](=O)[O-])ccc1C(=O)O. The number of nitro groups is 1. The lowest BCUT2D eigenvalue weighted by Crippen LogP contribution is -2.05. The van der Waals surface area contributed by atoms with Crippen molar-refractivity contribution in [1.82, 2.24) is 5.32 Å². The van der Waals surface area contributed by atoms with Crippen molar-refractivity contribution < 1.29 is 14.8 Å². The molecule has 0 bridgehead atoms. The lowest BCUT2D eigenvalue weighted by molar-refractivity contribution is -0.384. The summed E-state index contributed by atoms with van der Waals surface area (Å²) in [7, 11) is 1.69. The molecular weight excluding hydrogens is 224 g/mol. The van der Waals surface area contributed by atoms with E-state index in [1.807, 2.05) is 0 Å². The molecule has 6 nitrogen and oxygen atoms in total. The molecule has 1 aromatic carbocycles. The Labute approximate surface area is 97.4 Å². The number of rotatable bonds is 3. The van der Waals surface area contributed by atoms with Gasteiger partial charge in [-0.2, -0.15) is 0 Å². The highest BCUT2D eigenvalue weighted by atomic mass is 16.6. The molecule has 1 aromatic rings. The maximum atomic E-state index is 10.9. The minimum absolute atomic E-state index is 0.0424. The zero-order valence-corrected chi connectivity index (χ0v) is 9.06. The average Bonchev–Trinajstić information content (AvgIpc) is 2.28. The van der Waals surface area contributed by atoms with E-state index < -0.39 is 10.9 Å². The second-order valence-corrected chi connectivity index (χ2v) is 3.12. The molecule has 0 aliphatic heterocycles. The molecule has 0 heterocycles. The number of hydrogen-bond donors (Lipinski definition) is 2. The largest absolute Gasteiger partial charge is 0.478 e. The smallest absolute Gasteiger partial charge is 0.336 e. The van der Waals surface area contributed by atoms with Gasteiger partial charge in [0.25, 0.3) is 5.69 Å². The van der Waals surface area contributed by atoms with Gasteiger partial charge < -0.3 is 10.4 Å². The summed E-state index contributed by atoms with van der Waals surface area (Å²) in [6.45, 7) is 0.377. The summed E-state index contributed by atoms with van der Waals surface area (Å²) in [6, 6.07) is 3.49. The highest BCUT2D eigenvalue weighted by Gasteiger charge is 2.13. The van der Waals surface area contributed by atoms with Gasteiger partial charge in [0.2, 0.25) is 0 Å². The molecule has 0 aliphatic rings. The van der Waals surface area contributed by atoms with Crippen molar-refractivity contribution >= 4 is 11.7 Å². The van der Waals surface area contributed by atoms with Gasteiger partial charge in [-0.1, -0.05) is 11.8 Å². The van der Waals surface area contributed by atoms with Crippen LogP contribution >= 0.6 is 0 Å². The van der Waals surface area contributed by atoms with Gasteiger partial charge in [0.05, 0.1) is 17.0 Å². The maximum Gasteiger partial charge on any atom is 0.336 e. The first-order chi connectivity index (χ1) is 8.06. The quantitative estimate of drug-likeness (QED) is 0.459. The number of nitro benzene ring substituents is 1. The van der Waals surface area contributed by atoms with Crippen LogP contribution < -0.4 is 5.32 Å². The summed E-state index contributed by atoms with van der Waals surface area (Å²) in [5, 5.41) is 22.2. The zero-order chi connectivity index (χ0) is 12.8. The Morgan fingerprint density at radius 3 is 2.82 bits per heavy atom. The van der Waals surface area contributed by atoms with E-state index in [2.05, 4.69) is 17.2 Å². The third-order valence-corrected chi connectivity index (χ3v) is 1.93. The fraction of sp³-hybridized carbons (Fsp3) is 0.182. The number of benzene rings is 1. The van der Waals surface area contributed by atoms with Crippen LogP contribution in [0.15, 0.2) is 18.2 Å². The predicted molar refractivity (Wildman–Crippen MR) is 60.9 cm³/mol. The number of hydrogen-bond acceptors (Lipinski definition) is 4. The summed E-state index contributed by atoms with van der Waals surface area (Å²) in [5.74, 6) is 4.10. The van der Waals surface area contributed by atoms with Gasteiger partial charge in [-0.05, 0) is 13.1 Å². The first-order valence-corrected chi connectivity index (χ1v) is 4.71. The summed E-state index contributed by atoms with van der Waals surface area (Å²) in [5.41, 5.74) is -0.0788. The van der Waals surface area contributed by atoms with Crippen molar-refractivity contribution in [2.24, 2.45) is 0 Å². The number of carboxylic acid groups (broad SMARTS) is 1. The summed E-state index contributed by atoms with van der Waals surface area (Å²) < 4.78 is 0. The van der Waals surface area contributed by atoms with Gasteiger partial charge in [0.15, 0.2) is 0 Å². The fourth-order valence-electron chi connectivity index (χ4n) is 1.16. The number of non-ortho nitro benzene ring substituents is 1.